The van der Waals surface area contributed by atoms with Gasteiger partial charge in [0.05, 0.1) is 0 Å². The average molecular weight is 193 g/mol. The highest BCUT2D eigenvalue weighted by Crippen LogP contribution is 2.39. The van der Waals surface area contributed by atoms with Gasteiger partial charge < -0.3 is 5.73 Å². The summed E-state index contributed by atoms with van der Waals surface area (Å²) < 4.78 is 0. The van der Waals surface area contributed by atoms with Gasteiger partial charge in [0.15, 0.2) is 0 Å². The molecule has 2 N–H and O–H groups in total. The second-order valence-corrected chi connectivity index (χ2v) is 4.52. The summed E-state index contributed by atoms with van der Waals surface area (Å²) in [6.07, 6.45) is 4.72. The third-order valence-electron chi connectivity index (χ3n) is 2.61. The minimum absolute atomic E-state index is 0.270. The fourth-order valence-corrected chi connectivity index (χ4v) is 2.04. The molecule has 1 aromatic rings. The standard InChI is InChI=1S/C11H15NS/c1-13-10-4-2-3-9(7-10)11(12)8-5-6-8/h2-4,7-8,11H,5-6,12H2,1H3. The summed E-state index contributed by atoms with van der Waals surface area (Å²) in [7, 11) is 0. The van der Waals surface area contributed by atoms with E-state index in [1.165, 1.54) is 23.3 Å². The van der Waals surface area contributed by atoms with E-state index < -0.39 is 0 Å². The van der Waals surface area contributed by atoms with E-state index in [1.54, 1.807) is 11.8 Å². The summed E-state index contributed by atoms with van der Waals surface area (Å²) in [5.41, 5.74) is 7.41. The number of nitrogens with two attached hydrogens (primary N) is 1. The zero-order chi connectivity index (χ0) is 9.26. The van der Waals surface area contributed by atoms with Crippen LogP contribution in [-0.4, -0.2) is 6.26 Å². The van der Waals surface area contributed by atoms with Gasteiger partial charge in [0.1, 0.15) is 0 Å². The molecule has 1 unspecified atom stereocenters. The average Bonchev–Trinajstić information content (AvgIpc) is 3.00. The molecule has 0 aliphatic heterocycles. The van der Waals surface area contributed by atoms with Gasteiger partial charge in [0, 0.05) is 10.9 Å². The van der Waals surface area contributed by atoms with Crippen LogP contribution in [-0.2, 0) is 0 Å². The maximum atomic E-state index is 6.11. The molecule has 0 amide bonds. The van der Waals surface area contributed by atoms with Crippen LogP contribution in [0.25, 0.3) is 0 Å². The van der Waals surface area contributed by atoms with Crippen molar-refractivity contribution in [2.24, 2.45) is 11.7 Å². The largest absolute Gasteiger partial charge is 0.324 e. The van der Waals surface area contributed by atoms with E-state index in [4.69, 9.17) is 5.73 Å². The Kier molecular flexibility index (Phi) is 2.61. The molecule has 1 saturated carbocycles. The van der Waals surface area contributed by atoms with Crippen LogP contribution >= 0.6 is 11.8 Å². The SMILES string of the molecule is CSc1cccc(C(N)C2CC2)c1. The van der Waals surface area contributed by atoms with Gasteiger partial charge in [-0.25, -0.2) is 0 Å². The van der Waals surface area contributed by atoms with E-state index in [1.807, 2.05) is 0 Å². The first-order valence-corrected chi connectivity index (χ1v) is 5.93. The minimum Gasteiger partial charge on any atom is -0.324 e. The fraction of sp³-hybridized carbons (Fsp3) is 0.455. The third-order valence-corrected chi connectivity index (χ3v) is 3.33. The summed E-state index contributed by atoms with van der Waals surface area (Å²) in [6.45, 7) is 0. The van der Waals surface area contributed by atoms with Gasteiger partial charge in [-0.05, 0) is 42.7 Å². The van der Waals surface area contributed by atoms with E-state index in [0.717, 1.165) is 5.92 Å². The lowest BCUT2D eigenvalue weighted by Crippen LogP contribution is -2.12. The molecule has 1 fully saturated rings. The van der Waals surface area contributed by atoms with Crippen molar-refractivity contribution in [3.05, 3.63) is 29.8 Å². The molecular weight excluding hydrogens is 178 g/mol. The van der Waals surface area contributed by atoms with Crippen molar-refractivity contribution in [2.75, 3.05) is 6.26 Å². The lowest BCUT2D eigenvalue weighted by atomic mass is 10.0. The van der Waals surface area contributed by atoms with Crippen molar-refractivity contribution in [1.29, 1.82) is 0 Å². The highest BCUT2D eigenvalue weighted by atomic mass is 32.2. The lowest BCUT2D eigenvalue weighted by Gasteiger charge is -2.11. The molecule has 0 heterocycles. The first-order valence-electron chi connectivity index (χ1n) is 4.71. The number of hydrogen-bond acceptors (Lipinski definition) is 2. The maximum Gasteiger partial charge on any atom is 0.0323 e. The zero-order valence-corrected chi connectivity index (χ0v) is 8.68. The Morgan fingerprint density at radius 1 is 1.46 bits per heavy atom. The number of benzene rings is 1. The van der Waals surface area contributed by atoms with Crippen LogP contribution in [0.1, 0.15) is 24.4 Å². The second-order valence-electron chi connectivity index (χ2n) is 3.64. The van der Waals surface area contributed by atoms with Crippen LogP contribution in [0.5, 0.6) is 0 Å². The molecule has 2 rings (SSSR count). The summed E-state index contributed by atoms with van der Waals surface area (Å²) in [5.74, 6) is 0.747. The van der Waals surface area contributed by atoms with Crippen LogP contribution in [0.4, 0.5) is 0 Å². The second kappa shape index (κ2) is 3.72. The Bertz CT molecular complexity index is 294. The van der Waals surface area contributed by atoms with Crippen LogP contribution in [0.3, 0.4) is 0 Å². The van der Waals surface area contributed by atoms with Crippen LogP contribution in [0, 0.1) is 5.92 Å². The van der Waals surface area contributed by atoms with Gasteiger partial charge >= 0.3 is 0 Å². The predicted molar refractivity (Wildman–Crippen MR) is 57.9 cm³/mol. The van der Waals surface area contributed by atoms with Crippen molar-refractivity contribution < 1.29 is 0 Å². The normalized spacial score (nSPS) is 18.6. The Morgan fingerprint density at radius 2 is 2.23 bits per heavy atom. The molecule has 1 aliphatic carbocycles. The van der Waals surface area contributed by atoms with Crippen LogP contribution in [0.15, 0.2) is 29.2 Å². The fourth-order valence-electron chi connectivity index (χ4n) is 1.58. The highest BCUT2D eigenvalue weighted by molar-refractivity contribution is 7.98. The van der Waals surface area contributed by atoms with Gasteiger partial charge in [-0.15, -0.1) is 11.8 Å². The zero-order valence-electron chi connectivity index (χ0n) is 7.86. The Labute approximate surface area is 83.7 Å². The van der Waals surface area contributed by atoms with Crippen molar-refractivity contribution in [1.82, 2.24) is 0 Å². The van der Waals surface area contributed by atoms with E-state index in [2.05, 4.69) is 30.5 Å². The molecule has 0 bridgehead atoms. The molecule has 1 nitrogen and oxygen atoms in total. The quantitative estimate of drug-likeness (QED) is 0.747. The summed E-state index contributed by atoms with van der Waals surface area (Å²) >= 11 is 1.78. The summed E-state index contributed by atoms with van der Waals surface area (Å²) in [6, 6.07) is 8.86. The van der Waals surface area contributed by atoms with Gasteiger partial charge in [0.2, 0.25) is 0 Å². The first kappa shape index (κ1) is 9.10. The molecule has 0 saturated heterocycles. The molecule has 1 atom stereocenters. The minimum atomic E-state index is 0.270. The first-order chi connectivity index (χ1) is 6.31. The summed E-state index contributed by atoms with van der Waals surface area (Å²) in [4.78, 5) is 1.31. The van der Waals surface area contributed by atoms with Crippen molar-refractivity contribution in [3.63, 3.8) is 0 Å². The molecule has 70 valence electrons. The van der Waals surface area contributed by atoms with Crippen molar-refractivity contribution >= 4 is 11.8 Å². The Morgan fingerprint density at radius 3 is 2.85 bits per heavy atom. The van der Waals surface area contributed by atoms with Gasteiger partial charge in [-0.1, -0.05) is 12.1 Å². The molecule has 1 aliphatic rings. The predicted octanol–water partition coefficient (Wildman–Crippen LogP) is 2.82. The monoisotopic (exact) mass is 193 g/mol. The van der Waals surface area contributed by atoms with Crippen molar-refractivity contribution in [2.45, 2.75) is 23.8 Å². The Balaban J connectivity index is 2.18. The molecular formula is C11H15NS. The molecule has 0 spiro atoms. The lowest BCUT2D eigenvalue weighted by molar-refractivity contribution is 0.632. The van der Waals surface area contributed by atoms with Crippen LogP contribution < -0.4 is 5.73 Å². The number of hydrogen-bond donors (Lipinski definition) is 1. The molecule has 0 aromatic heterocycles. The highest BCUT2D eigenvalue weighted by Gasteiger charge is 2.29. The molecule has 0 radical (unpaired) electrons. The van der Waals surface area contributed by atoms with E-state index in [-0.39, 0.29) is 6.04 Å². The topological polar surface area (TPSA) is 26.0 Å². The van der Waals surface area contributed by atoms with E-state index in [0.29, 0.717) is 0 Å². The number of thioether (sulfide) groups is 1. The molecule has 1 aromatic carbocycles. The molecule has 13 heavy (non-hydrogen) atoms. The maximum absolute atomic E-state index is 6.11. The summed E-state index contributed by atoms with van der Waals surface area (Å²) in [5, 5.41) is 0. The van der Waals surface area contributed by atoms with Crippen LogP contribution in [0.2, 0.25) is 0 Å². The Hall–Kier alpha value is -0.470. The van der Waals surface area contributed by atoms with Gasteiger partial charge in [-0.2, -0.15) is 0 Å². The molecule has 2 heteroatoms. The van der Waals surface area contributed by atoms with Gasteiger partial charge in [-0.3, -0.25) is 0 Å². The third kappa shape index (κ3) is 2.06. The van der Waals surface area contributed by atoms with Crippen molar-refractivity contribution in [3.8, 4) is 0 Å². The number of rotatable bonds is 3. The smallest absolute Gasteiger partial charge is 0.0323 e. The van der Waals surface area contributed by atoms with Gasteiger partial charge in [0.25, 0.3) is 0 Å². The van der Waals surface area contributed by atoms with E-state index in [9.17, 15) is 0 Å². The van der Waals surface area contributed by atoms with E-state index >= 15 is 0 Å².